The van der Waals surface area contributed by atoms with Crippen LogP contribution in [0.3, 0.4) is 0 Å². The zero-order valence-electron chi connectivity index (χ0n) is 12.8. The number of anilines is 1. The number of sulfonamides is 1. The van der Waals surface area contributed by atoms with E-state index in [4.69, 9.17) is 5.73 Å². The Balaban J connectivity index is 2.28. The highest BCUT2D eigenvalue weighted by Gasteiger charge is 2.24. The van der Waals surface area contributed by atoms with E-state index in [1.165, 1.54) is 4.31 Å². The molecule has 5 heteroatoms. The molecule has 2 aromatic carbocycles. The molecule has 0 saturated carbocycles. The lowest BCUT2D eigenvalue weighted by molar-refractivity contribution is 0.398. The van der Waals surface area contributed by atoms with Gasteiger partial charge in [0.15, 0.2) is 0 Å². The fraction of sp³-hybridized carbons (Fsp3) is 0.294. The SMILES string of the molecule is CCCCN(Cc1ccccc1)S(=O)(=O)c1ccc(N)cc1. The molecule has 0 aliphatic carbocycles. The molecule has 2 N–H and O–H groups in total. The number of unbranched alkanes of at least 4 members (excludes halogenated alkanes) is 1. The summed E-state index contributed by atoms with van der Waals surface area (Å²) >= 11 is 0. The summed E-state index contributed by atoms with van der Waals surface area (Å²) in [6.07, 6.45) is 1.78. The zero-order chi connectivity index (χ0) is 16.0. The molecule has 0 atom stereocenters. The van der Waals surface area contributed by atoms with Gasteiger partial charge in [-0.1, -0.05) is 43.7 Å². The molecular formula is C17H22N2O2S. The first kappa shape index (κ1) is 16.5. The first-order valence-electron chi connectivity index (χ1n) is 7.43. The van der Waals surface area contributed by atoms with Crippen LogP contribution in [0.5, 0.6) is 0 Å². The van der Waals surface area contributed by atoms with E-state index >= 15 is 0 Å². The first-order valence-corrected chi connectivity index (χ1v) is 8.87. The molecular weight excluding hydrogens is 296 g/mol. The van der Waals surface area contributed by atoms with E-state index < -0.39 is 10.0 Å². The Hall–Kier alpha value is -1.85. The van der Waals surface area contributed by atoms with Crippen LogP contribution < -0.4 is 5.73 Å². The maximum absolute atomic E-state index is 12.8. The van der Waals surface area contributed by atoms with Gasteiger partial charge < -0.3 is 5.73 Å². The van der Waals surface area contributed by atoms with Crippen molar-refractivity contribution in [1.29, 1.82) is 0 Å². The van der Waals surface area contributed by atoms with Crippen molar-refractivity contribution in [2.75, 3.05) is 12.3 Å². The van der Waals surface area contributed by atoms with Crippen molar-refractivity contribution in [2.45, 2.75) is 31.2 Å². The Bertz CT molecular complexity index is 682. The van der Waals surface area contributed by atoms with Gasteiger partial charge in [-0.25, -0.2) is 8.42 Å². The van der Waals surface area contributed by atoms with Crippen molar-refractivity contribution in [2.24, 2.45) is 0 Å². The predicted octanol–water partition coefficient (Wildman–Crippen LogP) is 3.26. The van der Waals surface area contributed by atoms with Gasteiger partial charge in [-0.2, -0.15) is 4.31 Å². The average Bonchev–Trinajstić information content (AvgIpc) is 2.52. The Morgan fingerprint density at radius 2 is 1.64 bits per heavy atom. The number of nitrogen functional groups attached to an aromatic ring is 1. The van der Waals surface area contributed by atoms with Crippen LogP contribution in [0.1, 0.15) is 25.3 Å². The Kier molecular flexibility index (Phi) is 5.57. The van der Waals surface area contributed by atoms with E-state index in [1.54, 1.807) is 24.3 Å². The minimum absolute atomic E-state index is 0.286. The highest BCUT2D eigenvalue weighted by atomic mass is 32.2. The van der Waals surface area contributed by atoms with Crippen molar-refractivity contribution in [3.8, 4) is 0 Å². The molecule has 0 heterocycles. The number of nitrogens with zero attached hydrogens (tertiary/aromatic N) is 1. The van der Waals surface area contributed by atoms with Crippen LogP contribution in [-0.4, -0.2) is 19.3 Å². The smallest absolute Gasteiger partial charge is 0.243 e. The van der Waals surface area contributed by atoms with Gasteiger partial charge in [0, 0.05) is 18.8 Å². The van der Waals surface area contributed by atoms with Crippen molar-refractivity contribution >= 4 is 15.7 Å². The summed E-state index contributed by atoms with van der Waals surface area (Å²) in [6.45, 7) is 2.95. The molecule has 0 radical (unpaired) electrons. The van der Waals surface area contributed by atoms with E-state index in [1.807, 2.05) is 30.3 Å². The predicted molar refractivity (Wildman–Crippen MR) is 89.8 cm³/mol. The number of hydrogen-bond donors (Lipinski definition) is 1. The molecule has 0 unspecified atom stereocenters. The van der Waals surface area contributed by atoms with Crippen molar-refractivity contribution in [3.05, 3.63) is 60.2 Å². The molecule has 0 amide bonds. The van der Waals surface area contributed by atoms with E-state index in [-0.39, 0.29) is 4.90 Å². The fourth-order valence-electron chi connectivity index (χ4n) is 2.19. The van der Waals surface area contributed by atoms with Crippen molar-refractivity contribution in [3.63, 3.8) is 0 Å². The Morgan fingerprint density at radius 1 is 1.00 bits per heavy atom. The maximum atomic E-state index is 12.8. The summed E-state index contributed by atoms with van der Waals surface area (Å²) in [4.78, 5) is 0.286. The molecule has 2 rings (SSSR count). The number of rotatable bonds is 7. The normalized spacial score (nSPS) is 11.7. The summed E-state index contributed by atoms with van der Waals surface area (Å²) in [5.41, 5.74) is 7.18. The minimum Gasteiger partial charge on any atom is -0.399 e. The van der Waals surface area contributed by atoms with E-state index in [0.29, 0.717) is 18.8 Å². The molecule has 0 aliphatic heterocycles. The molecule has 22 heavy (non-hydrogen) atoms. The molecule has 0 aliphatic rings. The summed E-state index contributed by atoms with van der Waals surface area (Å²) < 4.78 is 27.2. The van der Waals surface area contributed by atoms with Gasteiger partial charge in [0.2, 0.25) is 10.0 Å². The van der Waals surface area contributed by atoms with Crippen molar-refractivity contribution in [1.82, 2.24) is 4.31 Å². The monoisotopic (exact) mass is 318 g/mol. The van der Waals surface area contributed by atoms with Crippen LogP contribution in [-0.2, 0) is 16.6 Å². The van der Waals surface area contributed by atoms with Gasteiger partial charge in [0.25, 0.3) is 0 Å². The van der Waals surface area contributed by atoms with E-state index in [9.17, 15) is 8.42 Å². The lowest BCUT2D eigenvalue weighted by Gasteiger charge is -2.22. The molecule has 0 bridgehead atoms. The molecule has 4 nitrogen and oxygen atoms in total. The van der Waals surface area contributed by atoms with E-state index in [2.05, 4.69) is 6.92 Å². The largest absolute Gasteiger partial charge is 0.399 e. The van der Waals surface area contributed by atoms with Crippen LogP contribution in [0.2, 0.25) is 0 Å². The third kappa shape index (κ3) is 4.08. The summed E-state index contributed by atoms with van der Waals surface area (Å²) in [5.74, 6) is 0. The number of nitrogens with two attached hydrogens (primary N) is 1. The standard InChI is InChI=1S/C17H22N2O2S/c1-2-3-13-19(14-15-7-5-4-6-8-15)22(20,21)17-11-9-16(18)10-12-17/h4-12H,2-3,13-14,18H2,1H3. The van der Waals surface area contributed by atoms with Crippen LogP contribution in [0.25, 0.3) is 0 Å². The summed E-state index contributed by atoms with van der Waals surface area (Å²) in [6, 6.07) is 16.0. The first-order chi connectivity index (χ1) is 10.5. The fourth-order valence-corrected chi connectivity index (χ4v) is 3.66. The highest BCUT2D eigenvalue weighted by molar-refractivity contribution is 7.89. The van der Waals surface area contributed by atoms with Crippen LogP contribution in [0, 0.1) is 0 Å². The van der Waals surface area contributed by atoms with Gasteiger partial charge >= 0.3 is 0 Å². The number of benzene rings is 2. The molecule has 118 valence electrons. The second-order valence-corrected chi connectivity index (χ2v) is 7.18. The second kappa shape index (κ2) is 7.42. The topological polar surface area (TPSA) is 63.4 Å². The molecule has 0 saturated heterocycles. The average molecular weight is 318 g/mol. The third-order valence-corrected chi connectivity index (χ3v) is 5.34. The lowest BCUT2D eigenvalue weighted by Crippen LogP contribution is -2.31. The lowest BCUT2D eigenvalue weighted by atomic mass is 10.2. The second-order valence-electron chi connectivity index (χ2n) is 5.25. The summed E-state index contributed by atoms with van der Waals surface area (Å²) in [5, 5.41) is 0. The zero-order valence-corrected chi connectivity index (χ0v) is 13.6. The Morgan fingerprint density at radius 3 is 2.23 bits per heavy atom. The van der Waals surface area contributed by atoms with Gasteiger partial charge in [0.05, 0.1) is 4.90 Å². The van der Waals surface area contributed by atoms with Gasteiger partial charge in [0.1, 0.15) is 0 Å². The van der Waals surface area contributed by atoms with Crippen LogP contribution in [0.15, 0.2) is 59.5 Å². The Labute approximate surface area is 132 Å². The van der Waals surface area contributed by atoms with Gasteiger partial charge in [-0.15, -0.1) is 0 Å². The molecule has 2 aromatic rings. The quantitative estimate of drug-likeness (QED) is 0.797. The van der Waals surface area contributed by atoms with Crippen LogP contribution in [0.4, 0.5) is 5.69 Å². The molecule has 0 aromatic heterocycles. The minimum atomic E-state index is -3.51. The summed E-state index contributed by atoms with van der Waals surface area (Å²) in [7, 11) is -3.51. The molecule has 0 fully saturated rings. The number of hydrogen-bond acceptors (Lipinski definition) is 3. The van der Waals surface area contributed by atoms with Gasteiger partial charge in [-0.05, 0) is 36.2 Å². The molecule has 0 spiro atoms. The highest BCUT2D eigenvalue weighted by Crippen LogP contribution is 2.20. The third-order valence-electron chi connectivity index (χ3n) is 3.48. The van der Waals surface area contributed by atoms with Crippen molar-refractivity contribution < 1.29 is 8.42 Å². The van der Waals surface area contributed by atoms with E-state index in [0.717, 1.165) is 18.4 Å². The maximum Gasteiger partial charge on any atom is 0.243 e. The van der Waals surface area contributed by atoms with Crippen LogP contribution >= 0.6 is 0 Å². The van der Waals surface area contributed by atoms with Gasteiger partial charge in [-0.3, -0.25) is 0 Å².